The minimum absolute atomic E-state index is 0.235. The molecule has 1 aliphatic heterocycles. The number of piperidine rings is 1. The molecule has 1 aromatic rings. The molecule has 0 spiro atoms. The molecule has 0 saturated carbocycles. The maximum atomic E-state index is 9.85. The van der Waals surface area contributed by atoms with Crippen LogP contribution in [0.5, 0.6) is 0 Å². The number of rotatable bonds is 1. The van der Waals surface area contributed by atoms with Crippen molar-refractivity contribution < 1.29 is 5.11 Å². The molecule has 2 atom stereocenters. The fourth-order valence-electron chi connectivity index (χ4n) is 1.90. The Hall–Kier alpha value is -0.220. The topological polar surface area (TPSA) is 36.4 Å². The largest absolute Gasteiger partial charge is 0.391 e. The number of pyridine rings is 1. The molecule has 1 saturated heterocycles. The van der Waals surface area contributed by atoms with E-state index in [1.807, 2.05) is 11.8 Å². The number of aromatic nitrogens is 1. The second-order valence-corrected chi connectivity index (χ2v) is 5.52. The van der Waals surface area contributed by atoms with Gasteiger partial charge in [-0.05, 0) is 18.4 Å². The van der Waals surface area contributed by atoms with Gasteiger partial charge in [0.1, 0.15) is 11.0 Å². The lowest BCUT2D eigenvalue weighted by Gasteiger charge is -2.35. The van der Waals surface area contributed by atoms with Crippen molar-refractivity contribution in [3.8, 4) is 0 Å². The molecule has 6 heteroatoms. The second kappa shape index (κ2) is 5.19. The number of halogens is 3. The number of nitrogens with zero attached hydrogens (tertiary/aromatic N) is 2. The first-order valence-corrected chi connectivity index (χ1v) is 6.57. The molecule has 0 radical (unpaired) electrons. The van der Waals surface area contributed by atoms with Gasteiger partial charge >= 0.3 is 0 Å². The zero-order valence-electron chi connectivity index (χ0n) is 9.33. The number of β-amino-alcohol motifs (C(OH)–C–C–N with tert-alkyl or cyclic N) is 1. The maximum Gasteiger partial charge on any atom is 0.150 e. The smallest absolute Gasteiger partial charge is 0.150 e. The van der Waals surface area contributed by atoms with E-state index in [1.165, 1.54) is 0 Å². The van der Waals surface area contributed by atoms with Crippen LogP contribution in [0.1, 0.15) is 13.3 Å². The fourth-order valence-corrected chi connectivity index (χ4v) is 2.51. The SMILES string of the molecule is CC1CCN(c2nc(Cl)c(Cl)cc2Cl)CC1O. The molecule has 17 heavy (non-hydrogen) atoms. The Bertz CT molecular complexity index is 427. The van der Waals surface area contributed by atoms with Crippen molar-refractivity contribution >= 4 is 40.6 Å². The zero-order valence-corrected chi connectivity index (χ0v) is 11.6. The van der Waals surface area contributed by atoms with Crippen molar-refractivity contribution in [3.05, 3.63) is 21.3 Å². The Morgan fingerprint density at radius 2 is 2.06 bits per heavy atom. The van der Waals surface area contributed by atoms with Crippen LogP contribution in [-0.2, 0) is 0 Å². The average Bonchev–Trinajstić information content (AvgIpc) is 2.27. The van der Waals surface area contributed by atoms with E-state index in [-0.39, 0.29) is 11.3 Å². The van der Waals surface area contributed by atoms with Gasteiger partial charge in [0.2, 0.25) is 0 Å². The molecule has 2 rings (SSSR count). The number of aliphatic hydroxyl groups excluding tert-OH is 1. The molecular weight excluding hydrogens is 282 g/mol. The first-order valence-electron chi connectivity index (χ1n) is 5.43. The molecule has 1 aliphatic rings. The molecule has 2 heterocycles. The summed E-state index contributed by atoms with van der Waals surface area (Å²) in [5.74, 6) is 0.889. The van der Waals surface area contributed by atoms with Gasteiger partial charge in [0, 0.05) is 13.1 Å². The lowest BCUT2D eigenvalue weighted by atomic mass is 9.96. The minimum Gasteiger partial charge on any atom is -0.391 e. The van der Waals surface area contributed by atoms with Gasteiger partial charge < -0.3 is 10.0 Å². The molecule has 1 fully saturated rings. The van der Waals surface area contributed by atoms with Crippen LogP contribution in [0.2, 0.25) is 15.2 Å². The highest BCUT2D eigenvalue weighted by molar-refractivity contribution is 6.42. The molecule has 0 aliphatic carbocycles. The van der Waals surface area contributed by atoms with Gasteiger partial charge in [0.25, 0.3) is 0 Å². The van der Waals surface area contributed by atoms with Crippen molar-refractivity contribution in [1.29, 1.82) is 0 Å². The molecule has 3 nitrogen and oxygen atoms in total. The predicted octanol–water partition coefficient (Wildman–Crippen LogP) is 3.25. The Morgan fingerprint density at radius 3 is 2.71 bits per heavy atom. The van der Waals surface area contributed by atoms with Crippen molar-refractivity contribution in [2.75, 3.05) is 18.0 Å². The maximum absolute atomic E-state index is 9.85. The number of aliphatic hydroxyl groups is 1. The fraction of sp³-hybridized carbons (Fsp3) is 0.545. The Kier molecular flexibility index (Phi) is 4.03. The van der Waals surface area contributed by atoms with E-state index >= 15 is 0 Å². The van der Waals surface area contributed by atoms with Gasteiger partial charge in [-0.25, -0.2) is 4.98 Å². The first-order chi connectivity index (χ1) is 7.99. The third-order valence-electron chi connectivity index (χ3n) is 3.09. The van der Waals surface area contributed by atoms with Gasteiger partial charge in [-0.2, -0.15) is 0 Å². The third kappa shape index (κ3) is 2.79. The summed E-state index contributed by atoms with van der Waals surface area (Å²) in [4.78, 5) is 6.11. The highest BCUT2D eigenvalue weighted by Crippen LogP contribution is 2.33. The zero-order chi connectivity index (χ0) is 12.6. The van der Waals surface area contributed by atoms with Crippen LogP contribution in [-0.4, -0.2) is 29.3 Å². The van der Waals surface area contributed by atoms with Gasteiger partial charge in [-0.15, -0.1) is 0 Å². The van der Waals surface area contributed by atoms with Crippen LogP contribution in [0.3, 0.4) is 0 Å². The van der Waals surface area contributed by atoms with Crippen molar-refractivity contribution in [2.45, 2.75) is 19.4 Å². The molecule has 2 unspecified atom stereocenters. The summed E-state index contributed by atoms with van der Waals surface area (Å²) in [7, 11) is 0. The molecule has 1 aromatic heterocycles. The molecule has 0 amide bonds. The van der Waals surface area contributed by atoms with Gasteiger partial charge in [0.15, 0.2) is 0 Å². The Morgan fingerprint density at radius 1 is 1.35 bits per heavy atom. The van der Waals surface area contributed by atoms with E-state index in [1.54, 1.807) is 6.07 Å². The predicted molar refractivity (Wildman–Crippen MR) is 71.3 cm³/mol. The summed E-state index contributed by atoms with van der Waals surface area (Å²) in [5.41, 5.74) is 0. The van der Waals surface area contributed by atoms with Gasteiger partial charge in [-0.1, -0.05) is 41.7 Å². The normalized spacial score (nSPS) is 25.1. The van der Waals surface area contributed by atoms with Crippen LogP contribution in [0.4, 0.5) is 5.82 Å². The van der Waals surface area contributed by atoms with Crippen molar-refractivity contribution in [2.24, 2.45) is 5.92 Å². The quantitative estimate of drug-likeness (QED) is 0.808. The lowest BCUT2D eigenvalue weighted by molar-refractivity contribution is 0.102. The highest BCUT2D eigenvalue weighted by atomic mass is 35.5. The van der Waals surface area contributed by atoms with Crippen molar-refractivity contribution in [3.63, 3.8) is 0 Å². The monoisotopic (exact) mass is 294 g/mol. The number of anilines is 1. The molecular formula is C11H13Cl3N2O. The summed E-state index contributed by atoms with van der Waals surface area (Å²) in [6.45, 7) is 3.36. The average molecular weight is 296 g/mol. The van der Waals surface area contributed by atoms with Crippen LogP contribution >= 0.6 is 34.8 Å². The van der Waals surface area contributed by atoms with E-state index in [0.29, 0.717) is 28.3 Å². The van der Waals surface area contributed by atoms with Crippen LogP contribution in [0, 0.1) is 5.92 Å². The summed E-state index contributed by atoms with van der Waals surface area (Å²) in [6.07, 6.45) is 0.537. The number of hydrogen-bond donors (Lipinski definition) is 1. The van der Waals surface area contributed by atoms with Crippen LogP contribution in [0.25, 0.3) is 0 Å². The summed E-state index contributed by atoms with van der Waals surface area (Å²) in [6, 6.07) is 1.58. The Balaban J connectivity index is 2.26. The molecule has 1 N–H and O–H groups in total. The number of hydrogen-bond acceptors (Lipinski definition) is 3. The van der Waals surface area contributed by atoms with E-state index in [0.717, 1.165) is 13.0 Å². The van der Waals surface area contributed by atoms with E-state index in [9.17, 15) is 5.11 Å². The highest BCUT2D eigenvalue weighted by Gasteiger charge is 2.26. The summed E-state index contributed by atoms with van der Waals surface area (Å²) >= 11 is 17.8. The van der Waals surface area contributed by atoms with Crippen molar-refractivity contribution in [1.82, 2.24) is 4.98 Å². The third-order valence-corrected chi connectivity index (χ3v) is 4.04. The van der Waals surface area contributed by atoms with Gasteiger partial charge in [-0.3, -0.25) is 0 Å². The standard InChI is InChI=1S/C11H13Cl3N2O/c1-6-2-3-16(5-9(6)17)11-8(13)4-7(12)10(14)15-11/h4,6,9,17H,2-3,5H2,1H3. The summed E-state index contributed by atoms with van der Waals surface area (Å²) < 4.78 is 0. The molecule has 0 bridgehead atoms. The van der Waals surface area contributed by atoms with Crippen LogP contribution in [0.15, 0.2) is 6.07 Å². The van der Waals surface area contributed by atoms with E-state index in [2.05, 4.69) is 4.98 Å². The van der Waals surface area contributed by atoms with E-state index in [4.69, 9.17) is 34.8 Å². The Labute approximate surface area is 115 Å². The van der Waals surface area contributed by atoms with E-state index < -0.39 is 0 Å². The first kappa shape index (κ1) is 13.2. The van der Waals surface area contributed by atoms with Crippen LogP contribution < -0.4 is 4.90 Å². The molecule has 94 valence electrons. The second-order valence-electron chi connectivity index (χ2n) is 4.35. The lowest BCUT2D eigenvalue weighted by Crippen LogP contribution is -2.43. The summed E-state index contributed by atoms with van der Waals surface area (Å²) in [5, 5.41) is 10.9. The molecule has 0 aromatic carbocycles. The minimum atomic E-state index is -0.365. The van der Waals surface area contributed by atoms with Gasteiger partial charge in [0.05, 0.1) is 16.1 Å².